The second-order valence-corrected chi connectivity index (χ2v) is 7.58. The number of carboxylic acid groups (broad SMARTS) is 2. The molecule has 0 radical (unpaired) electrons. The molecule has 0 bridgehead atoms. The van der Waals surface area contributed by atoms with Gasteiger partial charge in [0.25, 0.3) is 0 Å². The SMILES string of the molecule is C[C@H](N)C(=S)N[C@@H](CC(=O)OCCOCCOCCOC(=O)c1ccccc1)C(=O)O.O=C(O)C(F)(F)F. The largest absolute Gasteiger partial charge is 0.490 e. The molecule has 0 amide bonds. The normalized spacial score (nSPS) is 12.2. The maximum Gasteiger partial charge on any atom is 0.490 e. The van der Waals surface area contributed by atoms with Gasteiger partial charge in [-0.15, -0.1) is 0 Å². The molecule has 12 nitrogen and oxygen atoms in total. The van der Waals surface area contributed by atoms with Crippen LogP contribution in [0.5, 0.6) is 0 Å². The van der Waals surface area contributed by atoms with Gasteiger partial charge in [-0.3, -0.25) is 4.79 Å². The van der Waals surface area contributed by atoms with Crippen molar-refractivity contribution in [2.75, 3.05) is 39.6 Å². The number of nitrogens with one attached hydrogen (secondary N) is 1. The summed E-state index contributed by atoms with van der Waals surface area (Å²) in [6.45, 7) is 2.58. The number of carbonyl (C=O) groups is 4. The molecule has 38 heavy (non-hydrogen) atoms. The van der Waals surface area contributed by atoms with Gasteiger partial charge in [0.2, 0.25) is 0 Å². The van der Waals surface area contributed by atoms with E-state index in [2.05, 4.69) is 5.32 Å². The number of rotatable bonds is 15. The van der Waals surface area contributed by atoms with E-state index in [4.69, 9.17) is 51.9 Å². The third kappa shape index (κ3) is 17.2. The summed E-state index contributed by atoms with van der Waals surface area (Å²) < 4.78 is 52.3. The molecule has 0 aliphatic rings. The number of halogens is 3. The van der Waals surface area contributed by atoms with Gasteiger partial charge in [-0.25, -0.2) is 14.4 Å². The van der Waals surface area contributed by atoms with E-state index in [-0.39, 0.29) is 44.6 Å². The minimum atomic E-state index is -5.08. The van der Waals surface area contributed by atoms with Crippen molar-refractivity contribution in [3.05, 3.63) is 35.9 Å². The van der Waals surface area contributed by atoms with E-state index in [1.54, 1.807) is 31.2 Å². The molecule has 5 N–H and O–H groups in total. The van der Waals surface area contributed by atoms with Crippen LogP contribution < -0.4 is 11.1 Å². The molecule has 16 heteroatoms. The van der Waals surface area contributed by atoms with E-state index in [1.165, 1.54) is 0 Å². The fourth-order valence-corrected chi connectivity index (χ4v) is 2.26. The number of nitrogens with two attached hydrogens (primary N) is 1. The lowest BCUT2D eigenvalue weighted by Crippen LogP contribution is -2.47. The fraction of sp³-hybridized carbons (Fsp3) is 0.500. The predicted molar refractivity (Wildman–Crippen MR) is 128 cm³/mol. The van der Waals surface area contributed by atoms with Crippen molar-refractivity contribution < 1.29 is 61.5 Å². The average molecular weight is 571 g/mol. The van der Waals surface area contributed by atoms with E-state index >= 15 is 0 Å². The number of benzene rings is 1. The topological polar surface area (TPSA) is 184 Å². The fourth-order valence-electron chi connectivity index (χ4n) is 2.12. The van der Waals surface area contributed by atoms with E-state index in [0.29, 0.717) is 5.56 Å². The number of esters is 2. The van der Waals surface area contributed by atoms with Crippen LogP contribution in [0, 0.1) is 0 Å². The summed E-state index contributed by atoms with van der Waals surface area (Å²) in [7, 11) is 0. The average Bonchev–Trinajstić information content (AvgIpc) is 2.84. The van der Waals surface area contributed by atoms with Crippen molar-refractivity contribution in [3.63, 3.8) is 0 Å². The zero-order valence-corrected chi connectivity index (χ0v) is 21.1. The van der Waals surface area contributed by atoms with Crippen molar-refractivity contribution in [3.8, 4) is 0 Å². The number of hydrogen-bond acceptors (Lipinski definition) is 10. The van der Waals surface area contributed by atoms with Crippen LogP contribution in [0.1, 0.15) is 23.7 Å². The lowest BCUT2D eigenvalue weighted by Gasteiger charge is -2.17. The molecule has 0 saturated heterocycles. The van der Waals surface area contributed by atoms with Gasteiger partial charge in [0, 0.05) is 0 Å². The highest BCUT2D eigenvalue weighted by atomic mass is 32.1. The molecule has 0 unspecified atom stereocenters. The van der Waals surface area contributed by atoms with Gasteiger partial charge in [0.15, 0.2) is 0 Å². The molecule has 2 atom stereocenters. The van der Waals surface area contributed by atoms with Gasteiger partial charge < -0.3 is 40.2 Å². The molecule has 1 rings (SSSR count). The zero-order chi connectivity index (χ0) is 29.1. The van der Waals surface area contributed by atoms with Crippen LogP contribution in [-0.4, -0.2) is 97.0 Å². The maximum atomic E-state index is 11.8. The summed E-state index contributed by atoms with van der Waals surface area (Å²) in [5.74, 6) is -5.11. The second kappa shape index (κ2) is 18.8. The summed E-state index contributed by atoms with van der Waals surface area (Å²) in [4.78, 5) is 43.7. The standard InChI is InChI=1S/C20H28N2O8S.C2HF3O2/c1-14(21)18(31)22-16(19(24)25)13-17(23)29-11-9-27-7-8-28-10-12-30-20(26)15-5-3-2-4-6-15;3-2(4,5)1(6)7/h2-6,14,16H,7-13,21H2,1H3,(H,22,31)(H,24,25);(H,6,7)/t14-,16-;/m0./s1. The van der Waals surface area contributed by atoms with Crippen molar-refractivity contribution in [2.45, 2.75) is 31.6 Å². The summed E-state index contributed by atoms with van der Waals surface area (Å²) in [5.41, 5.74) is 6.03. The predicted octanol–water partition coefficient (Wildman–Crippen LogP) is 1.16. The van der Waals surface area contributed by atoms with Crippen LogP contribution in [0.15, 0.2) is 30.3 Å². The van der Waals surface area contributed by atoms with Crippen LogP contribution >= 0.6 is 12.2 Å². The van der Waals surface area contributed by atoms with E-state index in [9.17, 15) is 27.6 Å². The van der Waals surface area contributed by atoms with Gasteiger partial charge in [-0.1, -0.05) is 30.4 Å². The minimum Gasteiger partial charge on any atom is -0.480 e. The Labute approximate surface area is 221 Å². The molecule has 0 fully saturated rings. The van der Waals surface area contributed by atoms with Crippen molar-refractivity contribution in [1.82, 2.24) is 5.32 Å². The Morgan fingerprint density at radius 3 is 1.87 bits per heavy atom. The number of alkyl halides is 3. The molecule has 0 aliphatic heterocycles. The van der Waals surface area contributed by atoms with E-state index < -0.39 is 48.6 Å². The molecule has 0 spiro atoms. The Morgan fingerprint density at radius 1 is 0.947 bits per heavy atom. The Morgan fingerprint density at radius 2 is 1.42 bits per heavy atom. The summed E-state index contributed by atoms with van der Waals surface area (Å²) >= 11 is 4.93. The Bertz CT molecular complexity index is 901. The molecular weight excluding hydrogens is 541 g/mol. The van der Waals surface area contributed by atoms with Crippen molar-refractivity contribution in [2.24, 2.45) is 5.73 Å². The van der Waals surface area contributed by atoms with Crippen molar-refractivity contribution >= 4 is 41.1 Å². The molecule has 0 aromatic heterocycles. The van der Waals surface area contributed by atoms with Gasteiger partial charge >= 0.3 is 30.1 Å². The molecule has 1 aromatic carbocycles. The number of ether oxygens (including phenoxy) is 4. The minimum absolute atomic E-state index is 0.0302. The number of thiocarbonyl (C=S) groups is 1. The lowest BCUT2D eigenvalue weighted by atomic mass is 10.2. The van der Waals surface area contributed by atoms with E-state index in [0.717, 1.165) is 0 Å². The van der Waals surface area contributed by atoms with Gasteiger partial charge in [0.05, 0.1) is 49.4 Å². The smallest absolute Gasteiger partial charge is 0.480 e. The highest BCUT2D eigenvalue weighted by molar-refractivity contribution is 7.80. The highest BCUT2D eigenvalue weighted by Gasteiger charge is 2.38. The van der Waals surface area contributed by atoms with Gasteiger partial charge in [-0.05, 0) is 19.1 Å². The summed E-state index contributed by atoms with van der Waals surface area (Å²) in [6, 6.07) is 6.90. The van der Waals surface area contributed by atoms with Crippen LogP contribution in [-0.2, 0) is 33.3 Å². The Hall–Kier alpha value is -3.34. The zero-order valence-electron chi connectivity index (χ0n) is 20.3. The maximum absolute atomic E-state index is 11.8. The van der Waals surface area contributed by atoms with Gasteiger partial charge in [-0.2, -0.15) is 13.2 Å². The second-order valence-electron chi connectivity index (χ2n) is 7.14. The third-order valence-electron chi connectivity index (χ3n) is 3.97. The first-order valence-electron chi connectivity index (χ1n) is 10.9. The first-order chi connectivity index (χ1) is 17.8. The van der Waals surface area contributed by atoms with Crippen molar-refractivity contribution in [1.29, 1.82) is 0 Å². The number of carboxylic acids is 2. The number of hydrogen-bond donors (Lipinski definition) is 4. The summed E-state index contributed by atoms with van der Waals surface area (Å²) in [5, 5.41) is 18.8. The third-order valence-corrected chi connectivity index (χ3v) is 4.46. The quantitative estimate of drug-likeness (QED) is 0.134. The highest BCUT2D eigenvalue weighted by Crippen LogP contribution is 2.13. The first-order valence-corrected chi connectivity index (χ1v) is 11.3. The Balaban J connectivity index is 0.00000171. The number of carbonyl (C=O) groups excluding carboxylic acids is 2. The molecule has 0 saturated carbocycles. The summed E-state index contributed by atoms with van der Waals surface area (Å²) in [6.07, 6.45) is -5.48. The molecule has 0 aliphatic carbocycles. The number of aliphatic carboxylic acids is 2. The van der Waals surface area contributed by atoms with Gasteiger partial charge in [0.1, 0.15) is 19.3 Å². The molecule has 0 heterocycles. The lowest BCUT2D eigenvalue weighted by molar-refractivity contribution is -0.192. The molecular formula is C22H29F3N2O10S. The monoisotopic (exact) mass is 570 g/mol. The first kappa shape index (κ1) is 34.7. The van der Waals surface area contributed by atoms with Crippen LogP contribution in [0.2, 0.25) is 0 Å². The van der Waals surface area contributed by atoms with Crippen LogP contribution in [0.25, 0.3) is 0 Å². The Kier molecular flexibility index (Phi) is 17.2. The van der Waals surface area contributed by atoms with Crippen LogP contribution in [0.3, 0.4) is 0 Å². The van der Waals surface area contributed by atoms with E-state index in [1.807, 2.05) is 6.07 Å². The van der Waals surface area contributed by atoms with Crippen LogP contribution in [0.4, 0.5) is 13.2 Å². The molecule has 1 aromatic rings. The molecule has 214 valence electrons.